The highest BCUT2D eigenvalue weighted by molar-refractivity contribution is 6.35. The first-order valence-electron chi connectivity index (χ1n) is 8.91. The molecule has 26 heavy (non-hydrogen) atoms. The summed E-state index contributed by atoms with van der Waals surface area (Å²) in [6.07, 6.45) is 6.07. The zero-order chi connectivity index (χ0) is 18.6. The number of rotatable bonds is 6. The molecule has 1 aromatic heterocycles. The Bertz CT molecular complexity index is 772. The van der Waals surface area contributed by atoms with Crippen LogP contribution in [-0.2, 0) is 10.2 Å². The summed E-state index contributed by atoms with van der Waals surface area (Å²) < 4.78 is 5.48. The number of anilines is 1. The molecular weight excluding hydrogens is 371 g/mol. The predicted octanol–water partition coefficient (Wildman–Crippen LogP) is 5.63. The number of pyridine rings is 1. The Morgan fingerprint density at radius 1 is 1.23 bits per heavy atom. The second-order valence-corrected chi connectivity index (χ2v) is 7.44. The van der Waals surface area contributed by atoms with Crippen molar-refractivity contribution < 1.29 is 9.53 Å². The van der Waals surface area contributed by atoms with Crippen molar-refractivity contribution in [2.24, 2.45) is 0 Å². The molecule has 0 atom stereocenters. The number of benzene rings is 1. The zero-order valence-electron chi connectivity index (χ0n) is 14.7. The van der Waals surface area contributed by atoms with E-state index < -0.39 is 5.41 Å². The Morgan fingerprint density at radius 3 is 2.62 bits per heavy atom. The molecule has 3 rings (SSSR count). The third-order valence-corrected chi connectivity index (χ3v) is 5.33. The quantitative estimate of drug-likeness (QED) is 0.692. The van der Waals surface area contributed by atoms with Gasteiger partial charge < -0.3 is 10.1 Å². The number of carbonyl (C=O) groups is 1. The van der Waals surface area contributed by atoms with Gasteiger partial charge in [0.25, 0.3) is 0 Å². The van der Waals surface area contributed by atoms with Crippen molar-refractivity contribution in [2.75, 3.05) is 11.9 Å². The van der Waals surface area contributed by atoms with Gasteiger partial charge in [0.15, 0.2) is 0 Å². The van der Waals surface area contributed by atoms with Crippen LogP contribution in [0.15, 0.2) is 36.5 Å². The summed E-state index contributed by atoms with van der Waals surface area (Å²) in [4.78, 5) is 17.4. The SMILES string of the molecule is CCCOc1ccc(NC(=O)C2(c3ccc(Cl)cc3Cl)CCCC2)cn1. The molecule has 1 aliphatic rings. The van der Waals surface area contributed by atoms with E-state index in [1.165, 1.54) is 0 Å². The largest absolute Gasteiger partial charge is 0.478 e. The molecule has 0 saturated heterocycles. The lowest BCUT2D eigenvalue weighted by atomic mass is 9.78. The van der Waals surface area contributed by atoms with E-state index >= 15 is 0 Å². The number of ether oxygens (including phenoxy) is 1. The molecule has 4 nitrogen and oxygen atoms in total. The van der Waals surface area contributed by atoms with Crippen molar-refractivity contribution in [2.45, 2.75) is 44.4 Å². The van der Waals surface area contributed by atoms with Gasteiger partial charge in [-0.25, -0.2) is 4.98 Å². The summed E-state index contributed by atoms with van der Waals surface area (Å²) in [5, 5.41) is 4.11. The smallest absolute Gasteiger partial charge is 0.235 e. The Kier molecular flexibility index (Phi) is 6.05. The third-order valence-electron chi connectivity index (χ3n) is 4.79. The Balaban J connectivity index is 1.81. The number of carbonyl (C=O) groups excluding carboxylic acids is 1. The maximum atomic E-state index is 13.2. The fourth-order valence-electron chi connectivity index (χ4n) is 3.47. The lowest BCUT2D eigenvalue weighted by molar-refractivity contribution is -0.121. The van der Waals surface area contributed by atoms with Crippen LogP contribution < -0.4 is 10.1 Å². The number of hydrogen-bond donors (Lipinski definition) is 1. The van der Waals surface area contributed by atoms with Crippen LogP contribution in [0, 0.1) is 0 Å². The lowest BCUT2D eigenvalue weighted by Gasteiger charge is -2.29. The summed E-state index contributed by atoms with van der Waals surface area (Å²) in [5.74, 6) is 0.504. The monoisotopic (exact) mass is 392 g/mol. The molecule has 1 saturated carbocycles. The molecule has 0 bridgehead atoms. The number of nitrogens with zero attached hydrogens (tertiary/aromatic N) is 1. The number of amides is 1. The van der Waals surface area contributed by atoms with Crippen molar-refractivity contribution in [3.05, 3.63) is 52.1 Å². The summed E-state index contributed by atoms with van der Waals surface area (Å²) in [6, 6.07) is 8.93. The molecule has 1 amide bonds. The molecule has 2 aromatic rings. The lowest BCUT2D eigenvalue weighted by Crippen LogP contribution is -2.38. The van der Waals surface area contributed by atoms with E-state index in [0.29, 0.717) is 28.2 Å². The zero-order valence-corrected chi connectivity index (χ0v) is 16.2. The Hall–Kier alpha value is -1.78. The van der Waals surface area contributed by atoms with Crippen LogP contribution in [0.2, 0.25) is 10.0 Å². The summed E-state index contributed by atoms with van der Waals surface area (Å²) >= 11 is 12.4. The van der Waals surface area contributed by atoms with Crippen LogP contribution in [0.1, 0.15) is 44.6 Å². The molecule has 1 fully saturated rings. The minimum absolute atomic E-state index is 0.0525. The highest BCUT2D eigenvalue weighted by Gasteiger charge is 2.44. The third kappa shape index (κ3) is 3.97. The van der Waals surface area contributed by atoms with E-state index in [9.17, 15) is 4.79 Å². The highest BCUT2D eigenvalue weighted by atomic mass is 35.5. The van der Waals surface area contributed by atoms with E-state index in [-0.39, 0.29) is 5.91 Å². The number of halogens is 2. The average molecular weight is 393 g/mol. The minimum Gasteiger partial charge on any atom is -0.478 e. The maximum absolute atomic E-state index is 13.2. The van der Waals surface area contributed by atoms with Gasteiger partial charge >= 0.3 is 0 Å². The standard InChI is InChI=1S/C20H22Cl2N2O2/c1-2-11-26-18-8-6-15(13-23-18)24-19(25)20(9-3-4-10-20)16-7-5-14(21)12-17(16)22/h5-8,12-13H,2-4,9-11H2,1H3,(H,24,25). The van der Waals surface area contributed by atoms with Gasteiger partial charge in [0.2, 0.25) is 11.8 Å². The molecule has 1 aromatic carbocycles. The van der Waals surface area contributed by atoms with Gasteiger partial charge in [-0.1, -0.05) is 49.0 Å². The van der Waals surface area contributed by atoms with Crippen LogP contribution in [0.3, 0.4) is 0 Å². The summed E-state index contributed by atoms with van der Waals surface area (Å²) in [6.45, 7) is 2.66. The van der Waals surface area contributed by atoms with Crippen LogP contribution in [0.5, 0.6) is 5.88 Å². The fraction of sp³-hybridized carbons (Fsp3) is 0.400. The van der Waals surface area contributed by atoms with E-state index in [1.54, 1.807) is 24.4 Å². The molecule has 6 heteroatoms. The number of nitrogens with one attached hydrogen (secondary N) is 1. The average Bonchev–Trinajstić information content (AvgIpc) is 3.12. The van der Waals surface area contributed by atoms with Gasteiger partial charge in [-0.15, -0.1) is 0 Å². The first kappa shape index (κ1) is 19.0. The van der Waals surface area contributed by atoms with Gasteiger partial charge in [-0.3, -0.25) is 4.79 Å². The van der Waals surface area contributed by atoms with Gasteiger partial charge in [0.1, 0.15) is 0 Å². The molecule has 0 spiro atoms. The van der Waals surface area contributed by atoms with E-state index in [1.807, 2.05) is 19.1 Å². The topological polar surface area (TPSA) is 51.2 Å². The van der Waals surface area contributed by atoms with Crippen molar-refractivity contribution in [3.63, 3.8) is 0 Å². The van der Waals surface area contributed by atoms with Gasteiger partial charge in [-0.2, -0.15) is 0 Å². The van der Waals surface area contributed by atoms with E-state index in [0.717, 1.165) is 37.7 Å². The Morgan fingerprint density at radius 2 is 2.00 bits per heavy atom. The van der Waals surface area contributed by atoms with Crippen LogP contribution in [-0.4, -0.2) is 17.5 Å². The number of aromatic nitrogens is 1. The molecule has 0 unspecified atom stereocenters. The van der Waals surface area contributed by atoms with Gasteiger partial charge in [-0.05, 0) is 43.0 Å². The minimum atomic E-state index is -0.626. The first-order valence-corrected chi connectivity index (χ1v) is 9.66. The Labute approximate surface area is 163 Å². The molecule has 0 radical (unpaired) electrons. The normalized spacial score (nSPS) is 15.7. The van der Waals surface area contributed by atoms with E-state index in [2.05, 4.69) is 10.3 Å². The van der Waals surface area contributed by atoms with Crippen LogP contribution in [0.4, 0.5) is 5.69 Å². The van der Waals surface area contributed by atoms with Gasteiger partial charge in [0, 0.05) is 16.1 Å². The van der Waals surface area contributed by atoms with Crippen LogP contribution >= 0.6 is 23.2 Å². The summed E-state index contributed by atoms with van der Waals surface area (Å²) in [5.41, 5.74) is 0.864. The molecule has 1 heterocycles. The molecule has 138 valence electrons. The number of hydrogen-bond acceptors (Lipinski definition) is 3. The van der Waals surface area contributed by atoms with Crippen molar-refractivity contribution >= 4 is 34.8 Å². The summed E-state index contributed by atoms with van der Waals surface area (Å²) in [7, 11) is 0. The van der Waals surface area contributed by atoms with E-state index in [4.69, 9.17) is 27.9 Å². The highest BCUT2D eigenvalue weighted by Crippen LogP contribution is 2.45. The molecule has 1 N–H and O–H groups in total. The molecule has 0 aliphatic heterocycles. The second-order valence-electron chi connectivity index (χ2n) is 6.60. The van der Waals surface area contributed by atoms with Crippen molar-refractivity contribution in [1.29, 1.82) is 0 Å². The molecule has 1 aliphatic carbocycles. The maximum Gasteiger partial charge on any atom is 0.235 e. The fourth-order valence-corrected chi connectivity index (χ4v) is 4.06. The van der Waals surface area contributed by atoms with Crippen LogP contribution in [0.25, 0.3) is 0 Å². The predicted molar refractivity (Wildman–Crippen MR) is 105 cm³/mol. The van der Waals surface area contributed by atoms with Crippen molar-refractivity contribution in [1.82, 2.24) is 4.98 Å². The second kappa shape index (κ2) is 8.28. The first-order chi connectivity index (χ1) is 12.5. The molecular formula is C20H22Cl2N2O2. The van der Waals surface area contributed by atoms with Crippen molar-refractivity contribution in [3.8, 4) is 5.88 Å². The van der Waals surface area contributed by atoms with Gasteiger partial charge in [0.05, 0.1) is 23.9 Å².